The number of aryl methyl sites for hydroxylation is 1. The molecule has 2 aromatic heterocycles. The molecule has 1 aliphatic heterocycles. The first-order valence-electron chi connectivity index (χ1n) is 11.0. The minimum atomic E-state index is -0.300. The molecule has 0 amide bonds. The summed E-state index contributed by atoms with van der Waals surface area (Å²) in [5.74, 6) is 1.47. The fourth-order valence-corrected chi connectivity index (χ4v) is 6.34. The lowest BCUT2D eigenvalue weighted by atomic mass is 9.94. The van der Waals surface area contributed by atoms with Crippen molar-refractivity contribution >= 4 is 33.3 Å². The Bertz CT molecular complexity index is 1360. The molecule has 0 radical (unpaired) electrons. The van der Waals surface area contributed by atoms with Crippen LogP contribution in [-0.4, -0.2) is 28.0 Å². The van der Waals surface area contributed by atoms with Gasteiger partial charge in [0.15, 0.2) is 5.16 Å². The molecule has 5 nitrogen and oxygen atoms in total. The van der Waals surface area contributed by atoms with E-state index in [2.05, 4.69) is 38.1 Å². The van der Waals surface area contributed by atoms with Crippen LogP contribution in [0.2, 0.25) is 0 Å². The summed E-state index contributed by atoms with van der Waals surface area (Å²) >= 11 is 3.18. The number of nitrogens with zero attached hydrogens (tertiary/aromatic N) is 2. The van der Waals surface area contributed by atoms with Gasteiger partial charge in [0.25, 0.3) is 5.56 Å². The number of hydrogen-bond donors (Lipinski definition) is 0. The number of rotatable bonds is 6. The van der Waals surface area contributed by atoms with Crippen molar-refractivity contribution in [2.75, 3.05) is 12.9 Å². The molecule has 0 fully saturated rings. The van der Waals surface area contributed by atoms with Gasteiger partial charge >= 0.3 is 0 Å². The van der Waals surface area contributed by atoms with Crippen molar-refractivity contribution in [1.82, 2.24) is 9.55 Å². The molecule has 170 valence electrons. The van der Waals surface area contributed by atoms with Gasteiger partial charge in [-0.1, -0.05) is 54.2 Å². The molecule has 2 aromatic carbocycles. The molecule has 1 aliphatic rings. The van der Waals surface area contributed by atoms with Crippen LogP contribution in [0.1, 0.15) is 29.9 Å². The lowest BCUT2D eigenvalue weighted by Gasteiger charge is -2.30. The zero-order valence-corrected chi connectivity index (χ0v) is 20.6. The van der Waals surface area contributed by atoms with Crippen LogP contribution in [0.5, 0.6) is 5.75 Å². The summed E-state index contributed by atoms with van der Waals surface area (Å²) in [4.78, 5) is 20.9. The zero-order valence-electron chi connectivity index (χ0n) is 19.0. The second-order valence-corrected chi connectivity index (χ2v) is 10.8. The van der Waals surface area contributed by atoms with Crippen molar-refractivity contribution in [1.29, 1.82) is 0 Å². The highest BCUT2D eigenvalue weighted by atomic mass is 32.2. The van der Waals surface area contributed by atoms with E-state index in [9.17, 15) is 4.79 Å². The van der Waals surface area contributed by atoms with Crippen molar-refractivity contribution in [2.45, 2.75) is 44.1 Å². The average molecular weight is 479 g/mol. The normalized spacial score (nSPS) is 14.9. The van der Waals surface area contributed by atoms with Crippen molar-refractivity contribution < 1.29 is 9.47 Å². The van der Waals surface area contributed by atoms with E-state index in [0.29, 0.717) is 35.0 Å². The SMILES string of the molecule is COc1ccccc1-n1c(SCCc2ccccc2)nc2sc3c(c2c1=O)CC(C)(C)OC3. The highest BCUT2D eigenvalue weighted by Gasteiger charge is 2.31. The molecular formula is C26H26N2O3S2. The van der Waals surface area contributed by atoms with Gasteiger partial charge in [0.1, 0.15) is 10.6 Å². The predicted octanol–water partition coefficient (Wildman–Crippen LogP) is 5.64. The van der Waals surface area contributed by atoms with E-state index in [4.69, 9.17) is 14.5 Å². The third kappa shape index (κ3) is 4.33. The van der Waals surface area contributed by atoms with E-state index in [1.165, 1.54) is 5.56 Å². The number of ether oxygens (including phenoxy) is 2. The largest absolute Gasteiger partial charge is 0.495 e. The first-order chi connectivity index (χ1) is 16.0. The fourth-order valence-electron chi connectivity index (χ4n) is 4.20. The van der Waals surface area contributed by atoms with Crippen LogP contribution in [0, 0.1) is 0 Å². The Morgan fingerprint density at radius 1 is 1.15 bits per heavy atom. The molecule has 0 saturated carbocycles. The van der Waals surface area contributed by atoms with Gasteiger partial charge in [0.2, 0.25) is 0 Å². The maximum Gasteiger partial charge on any atom is 0.267 e. The second kappa shape index (κ2) is 8.97. The Balaban J connectivity index is 1.64. The summed E-state index contributed by atoms with van der Waals surface area (Å²) < 4.78 is 13.3. The van der Waals surface area contributed by atoms with E-state index in [-0.39, 0.29) is 11.2 Å². The molecule has 0 unspecified atom stereocenters. The van der Waals surface area contributed by atoms with Crippen LogP contribution in [0.25, 0.3) is 15.9 Å². The standard InChI is InChI=1S/C26H26N2O3S2/c1-26(2)15-18-21(16-31-26)33-23-22(18)24(29)28(19-11-7-8-12-20(19)30-3)25(27-23)32-14-13-17-9-5-4-6-10-17/h4-12H,13-16H2,1-3H3. The van der Waals surface area contributed by atoms with Crippen LogP contribution in [0.15, 0.2) is 64.5 Å². The van der Waals surface area contributed by atoms with E-state index in [1.54, 1.807) is 34.8 Å². The lowest BCUT2D eigenvalue weighted by Crippen LogP contribution is -2.32. The first kappa shape index (κ1) is 22.2. The average Bonchev–Trinajstić information content (AvgIpc) is 3.16. The fraction of sp³-hybridized carbons (Fsp3) is 0.308. The van der Waals surface area contributed by atoms with Crippen molar-refractivity contribution in [2.24, 2.45) is 0 Å². The van der Waals surface area contributed by atoms with Gasteiger partial charge in [-0.3, -0.25) is 9.36 Å². The molecular weight excluding hydrogens is 452 g/mol. The number of para-hydroxylation sites is 2. The topological polar surface area (TPSA) is 53.4 Å². The van der Waals surface area contributed by atoms with Crippen molar-refractivity contribution in [3.63, 3.8) is 0 Å². The smallest absolute Gasteiger partial charge is 0.267 e. The maximum absolute atomic E-state index is 14.0. The third-order valence-corrected chi connectivity index (χ3v) is 7.90. The Hall–Kier alpha value is -2.61. The van der Waals surface area contributed by atoms with E-state index in [1.807, 2.05) is 30.3 Å². The van der Waals surface area contributed by atoms with Crippen LogP contribution in [0.3, 0.4) is 0 Å². The number of aromatic nitrogens is 2. The highest BCUT2D eigenvalue weighted by molar-refractivity contribution is 7.99. The number of thiophene rings is 1. The summed E-state index contributed by atoms with van der Waals surface area (Å²) in [5, 5.41) is 1.40. The Morgan fingerprint density at radius 3 is 2.70 bits per heavy atom. The van der Waals surface area contributed by atoms with E-state index >= 15 is 0 Å². The quantitative estimate of drug-likeness (QED) is 0.265. The zero-order chi connectivity index (χ0) is 23.0. The lowest BCUT2D eigenvalue weighted by molar-refractivity contribution is -0.0379. The number of methoxy groups -OCH3 is 1. The Labute approximate surface area is 201 Å². The van der Waals surface area contributed by atoms with Gasteiger partial charge in [-0.2, -0.15) is 0 Å². The molecule has 0 atom stereocenters. The molecule has 0 bridgehead atoms. The van der Waals surface area contributed by atoms with E-state index < -0.39 is 0 Å². The Kier molecular flexibility index (Phi) is 6.03. The number of benzene rings is 2. The molecule has 5 rings (SSSR count). The Morgan fingerprint density at radius 2 is 1.91 bits per heavy atom. The number of hydrogen-bond acceptors (Lipinski definition) is 6. The van der Waals surface area contributed by atoms with Gasteiger partial charge in [-0.05, 0) is 43.5 Å². The van der Waals surface area contributed by atoms with Crippen molar-refractivity contribution in [3.8, 4) is 11.4 Å². The minimum absolute atomic E-state index is 0.0399. The van der Waals surface area contributed by atoms with Gasteiger partial charge in [0, 0.05) is 17.1 Å². The van der Waals surface area contributed by atoms with Crippen molar-refractivity contribution in [3.05, 3.63) is 81.0 Å². The summed E-state index contributed by atoms with van der Waals surface area (Å²) in [7, 11) is 1.63. The number of thioether (sulfide) groups is 1. The van der Waals surface area contributed by atoms with Gasteiger partial charge in [-0.25, -0.2) is 4.98 Å². The molecule has 0 aliphatic carbocycles. The van der Waals surface area contributed by atoms with Crippen LogP contribution in [-0.2, 0) is 24.2 Å². The predicted molar refractivity (Wildman–Crippen MR) is 135 cm³/mol. The highest BCUT2D eigenvalue weighted by Crippen LogP contribution is 2.38. The molecule has 33 heavy (non-hydrogen) atoms. The molecule has 3 heterocycles. The van der Waals surface area contributed by atoms with Gasteiger partial charge < -0.3 is 9.47 Å². The molecule has 0 N–H and O–H groups in total. The summed E-state index contributed by atoms with van der Waals surface area (Å²) in [6.45, 7) is 4.66. The molecule has 7 heteroatoms. The van der Waals surface area contributed by atoms with Crippen LogP contribution < -0.4 is 10.3 Å². The monoisotopic (exact) mass is 478 g/mol. The van der Waals surface area contributed by atoms with Crippen LogP contribution in [0.4, 0.5) is 0 Å². The molecule has 4 aromatic rings. The summed E-state index contributed by atoms with van der Waals surface area (Å²) in [5.41, 5.74) is 2.72. The molecule has 0 spiro atoms. The second-order valence-electron chi connectivity index (χ2n) is 8.70. The van der Waals surface area contributed by atoms with E-state index in [0.717, 1.165) is 27.4 Å². The van der Waals surface area contributed by atoms with Crippen LogP contribution >= 0.6 is 23.1 Å². The maximum atomic E-state index is 14.0. The summed E-state index contributed by atoms with van der Waals surface area (Å²) in [6, 6.07) is 18.0. The summed E-state index contributed by atoms with van der Waals surface area (Å²) in [6.07, 6.45) is 1.60. The third-order valence-electron chi connectivity index (χ3n) is 5.86. The molecule has 0 saturated heterocycles. The first-order valence-corrected chi connectivity index (χ1v) is 12.8. The van der Waals surface area contributed by atoms with Gasteiger partial charge in [-0.15, -0.1) is 11.3 Å². The number of fused-ring (bicyclic) bond motifs is 3. The van der Waals surface area contributed by atoms with Gasteiger partial charge in [0.05, 0.1) is 30.4 Å². The minimum Gasteiger partial charge on any atom is -0.495 e.